The summed E-state index contributed by atoms with van der Waals surface area (Å²) in [5.74, 6) is 2.54. The Morgan fingerprint density at radius 2 is 1.93 bits per heavy atom. The molecule has 0 saturated heterocycles. The molecule has 2 rings (SSSR count). The largest absolute Gasteiger partial charge is 0.497 e. The van der Waals surface area contributed by atoms with Gasteiger partial charge in [0.15, 0.2) is 5.82 Å². The molecule has 9 heteroatoms. The van der Waals surface area contributed by atoms with Crippen molar-refractivity contribution >= 4 is 29.4 Å². The van der Waals surface area contributed by atoms with Gasteiger partial charge in [-0.3, -0.25) is 9.59 Å². The molecule has 0 atom stereocenters. The van der Waals surface area contributed by atoms with Gasteiger partial charge in [0, 0.05) is 13.1 Å². The number of hydrogen-bond acceptors (Lipinski definition) is 7. The Labute approximate surface area is 162 Å². The Bertz CT molecular complexity index is 748. The number of aryl methyl sites for hydroxylation is 1. The van der Waals surface area contributed by atoms with Gasteiger partial charge in [0.1, 0.15) is 23.9 Å². The second-order valence-corrected chi connectivity index (χ2v) is 6.69. The molecule has 0 aliphatic heterocycles. The maximum Gasteiger partial charge on any atom is 0.235 e. The summed E-state index contributed by atoms with van der Waals surface area (Å²) < 4.78 is 15.6. The molecule has 0 saturated carbocycles. The summed E-state index contributed by atoms with van der Waals surface area (Å²) in [4.78, 5) is 25.4. The molecule has 27 heavy (non-hydrogen) atoms. The number of hydrogen-bond donors (Lipinski definition) is 1. The summed E-state index contributed by atoms with van der Waals surface area (Å²) in [5, 5.41) is 6.29. The van der Waals surface area contributed by atoms with E-state index in [-0.39, 0.29) is 23.3 Å². The smallest absolute Gasteiger partial charge is 0.235 e. The van der Waals surface area contributed by atoms with Crippen LogP contribution in [0.25, 0.3) is 0 Å². The lowest BCUT2D eigenvalue weighted by atomic mass is 10.3. The summed E-state index contributed by atoms with van der Waals surface area (Å²) >= 11 is 1.24. The minimum Gasteiger partial charge on any atom is -0.497 e. The molecule has 0 bridgehead atoms. The fourth-order valence-corrected chi connectivity index (χ4v) is 2.80. The molecule has 0 unspecified atom stereocenters. The second-order valence-electron chi connectivity index (χ2n) is 5.70. The number of carbonyl (C=O) groups is 2. The highest BCUT2D eigenvalue weighted by atomic mass is 32.2. The van der Waals surface area contributed by atoms with Crippen LogP contribution >= 0.6 is 11.8 Å². The van der Waals surface area contributed by atoms with Crippen LogP contribution in [0.5, 0.6) is 11.5 Å². The number of nitrogens with one attached hydrogen (secondary N) is 1. The van der Waals surface area contributed by atoms with Gasteiger partial charge in [0.25, 0.3) is 0 Å². The summed E-state index contributed by atoms with van der Waals surface area (Å²) in [6.45, 7) is 2.57. The molecular weight excluding hydrogens is 370 g/mol. The molecule has 1 N–H and O–H groups in total. The van der Waals surface area contributed by atoms with Gasteiger partial charge in [-0.1, -0.05) is 5.16 Å². The lowest BCUT2D eigenvalue weighted by Crippen LogP contribution is -2.32. The molecule has 2 amide bonds. The molecule has 0 radical (unpaired) electrons. The normalized spacial score (nSPS) is 10.3. The van der Waals surface area contributed by atoms with Crippen LogP contribution in [0, 0.1) is 6.92 Å². The molecule has 2 aromatic rings. The number of likely N-dealkylation sites (N-methyl/N-ethyl adjacent to an activating group) is 1. The van der Waals surface area contributed by atoms with Crippen LogP contribution in [0.15, 0.2) is 34.9 Å². The van der Waals surface area contributed by atoms with Crippen molar-refractivity contribution in [1.29, 1.82) is 0 Å². The first-order chi connectivity index (χ1) is 13.0. The van der Waals surface area contributed by atoms with E-state index < -0.39 is 0 Å². The minimum atomic E-state index is -0.230. The summed E-state index contributed by atoms with van der Waals surface area (Å²) in [6, 6.07) is 8.87. The van der Waals surface area contributed by atoms with Gasteiger partial charge in [0.2, 0.25) is 11.8 Å². The zero-order chi connectivity index (χ0) is 19.6. The lowest BCUT2D eigenvalue weighted by molar-refractivity contribution is -0.127. The number of anilines is 1. The van der Waals surface area contributed by atoms with Crippen LogP contribution in [0.1, 0.15) is 5.76 Å². The van der Waals surface area contributed by atoms with E-state index in [4.69, 9.17) is 14.0 Å². The standard InChI is InChI=1S/C18H23N3O5S/c1-13-10-16(20-26-13)19-17(22)11-27-12-18(23)21(2)8-9-25-15-6-4-14(24-3)5-7-15/h4-7,10H,8-9,11-12H2,1-3H3,(H,19,20,22). The third kappa shape index (κ3) is 7.22. The van der Waals surface area contributed by atoms with E-state index in [1.807, 2.05) is 24.3 Å². The fourth-order valence-electron chi connectivity index (χ4n) is 2.04. The van der Waals surface area contributed by atoms with Crippen molar-refractivity contribution in [3.63, 3.8) is 0 Å². The molecule has 1 aromatic heterocycles. The monoisotopic (exact) mass is 393 g/mol. The molecular formula is C18H23N3O5S. The Kier molecular flexibility index (Phi) is 8.00. The number of carbonyl (C=O) groups excluding carboxylic acids is 2. The van der Waals surface area contributed by atoms with Gasteiger partial charge in [-0.05, 0) is 31.2 Å². The summed E-state index contributed by atoms with van der Waals surface area (Å²) in [7, 11) is 3.31. The first kappa shape index (κ1) is 20.6. The third-order valence-electron chi connectivity index (χ3n) is 3.53. The fraction of sp³-hybridized carbons (Fsp3) is 0.389. The number of rotatable bonds is 10. The van der Waals surface area contributed by atoms with Crippen LogP contribution in [0.3, 0.4) is 0 Å². The number of methoxy groups -OCH3 is 1. The lowest BCUT2D eigenvalue weighted by Gasteiger charge is -2.17. The minimum absolute atomic E-state index is 0.0663. The van der Waals surface area contributed by atoms with Gasteiger partial charge >= 0.3 is 0 Å². The summed E-state index contributed by atoms with van der Waals surface area (Å²) in [5.41, 5.74) is 0. The van der Waals surface area contributed by atoms with Gasteiger partial charge < -0.3 is 24.2 Å². The zero-order valence-electron chi connectivity index (χ0n) is 15.6. The van der Waals surface area contributed by atoms with E-state index in [2.05, 4.69) is 10.5 Å². The van der Waals surface area contributed by atoms with Crippen molar-refractivity contribution in [3.8, 4) is 11.5 Å². The third-order valence-corrected chi connectivity index (χ3v) is 4.45. The highest BCUT2D eigenvalue weighted by Gasteiger charge is 2.11. The number of aromatic nitrogens is 1. The van der Waals surface area contributed by atoms with Gasteiger partial charge in [0.05, 0.1) is 25.2 Å². The molecule has 8 nitrogen and oxygen atoms in total. The van der Waals surface area contributed by atoms with E-state index in [0.717, 1.165) is 5.75 Å². The summed E-state index contributed by atoms with van der Waals surface area (Å²) in [6.07, 6.45) is 0. The number of thioether (sulfide) groups is 1. The van der Waals surface area contributed by atoms with Gasteiger partial charge in [-0.15, -0.1) is 11.8 Å². The quantitative estimate of drug-likeness (QED) is 0.661. The Balaban J connectivity index is 1.61. The number of nitrogens with zero attached hydrogens (tertiary/aromatic N) is 2. The highest BCUT2D eigenvalue weighted by Crippen LogP contribution is 2.16. The number of benzene rings is 1. The van der Waals surface area contributed by atoms with Gasteiger partial charge in [-0.25, -0.2) is 0 Å². The van der Waals surface area contributed by atoms with Crippen LogP contribution in [0.4, 0.5) is 5.82 Å². The van der Waals surface area contributed by atoms with E-state index in [9.17, 15) is 9.59 Å². The zero-order valence-corrected chi connectivity index (χ0v) is 16.4. The molecule has 0 aliphatic rings. The van der Waals surface area contributed by atoms with Crippen molar-refractivity contribution in [2.75, 3.05) is 44.1 Å². The predicted octanol–water partition coefficient (Wildman–Crippen LogP) is 2.20. The SMILES string of the molecule is COc1ccc(OCCN(C)C(=O)CSCC(=O)Nc2cc(C)on2)cc1. The van der Waals surface area contributed by atoms with Crippen LogP contribution in [-0.2, 0) is 9.59 Å². The van der Waals surface area contributed by atoms with Crippen LogP contribution in [0.2, 0.25) is 0 Å². The van der Waals surface area contributed by atoms with Crippen molar-refractivity contribution in [2.24, 2.45) is 0 Å². The Morgan fingerprint density at radius 1 is 1.22 bits per heavy atom. The molecule has 0 fully saturated rings. The molecule has 1 heterocycles. The maximum absolute atomic E-state index is 12.1. The van der Waals surface area contributed by atoms with Crippen molar-refractivity contribution < 1.29 is 23.6 Å². The molecule has 0 spiro atoms. The van der Waals surface area contributed by atoms with E-state index in [0.29, 0.717) is 30.5 Å². The number of ether oxygens (including phenoxy) is 2. The predicted molar refractivity (Wildman–Crippen MR) is 103 cm³/mol. The van der Waals surface area contributed by atoms with Crippen LogP contribution in [-0.4, -0.2) is 60.7 Å². The average Bonchev–Trinajstić information content (AvgIpc) is 3.06. The molecule has 0 aliphatic carbocycles. The van der Waals surface area contributed by atoms with Crippen LogP contribution < -0.4 is 14.8 Å². The Hall–Kier alpha value is -2.68. The second kappa shape index (κ2) is 10.5. The van der Waals surface area contributed by atoms with E-state index in [1.165, 1.54) is 11.8 Å². The first-order valence-electron chi connectivity index (χ1n) is 8.29. The average molecular weight is 393 g/mol. The van der Waals surface area contributed by atoms with Gasteiger partial charge in [-0.2, -0.15) is 0 Å². The van der Waals surface area contributed by atoms with Crippen molar-refractivity contribution in [2.45, 2.75) is 6.92 Å². The topological polar surface area (TPSA) is 93.9 Å². The first-order valence-corrected chi connectivity index (χ1v) is 9.45. The van der Waals surface area contributed by atoms with Crippen molar-refractivity contribution in [1.82, 2.24) is 10.1 Å². The molecule has 146 valence electrons. The van der Waals surface area contributed by atoms with E-state index >= 15 is 0 Å². The maximum atomic E-state index is 12.1. The number of amides is 2. The van der Waals surface area contributed by atoms with E-state index in [1.54, 1.807) is 32.0 Å². The highest BCUT2D eigenvalue weighted by molar-refractivity contribution is 8.00. The molecule has 1 aromatic carbocycles. The van der Waals surface area contributed by atoms with Crippen molar-refractivity contribution in [3.05, 3.63) is 36.1 Å². The Morgan fingerprint density at radius 3 is 2.56 bits per heavy atom.